The van der Waals surface area contributed by atoms with Crippen molar-refractivity contribution in [2.45, 2.75) is 27.3 Å². The molecule has 0 aliphatic heterocycles. The molecule has 2 aromatic carbocycles. The van der Waals surface area contributed by atoms with Crippen molar-refractivity contribution in [2.75, 3.05) is 6.61 Å². The molecule has 156 valence electrons. The molecule has 0 bridgehead atoms. The SMILES string of the molecule is CCOC(=O)/C(C)=C/c1ccc(Cn2c(-c3cccnc3)c(C)c3ccccc32)cc1. The number of esters is 1. The van der Waals surface area contributed by atoms with Crippen LogP contribution in [0.4, 0.5) is 0 Å². The van der Waals surface area contributed by atoms with Crippen molar-refractivity contribution < 1.29 is 9.53 Å². The highest BCUT2D eigenvalue weighted by atomic mass is 16.5. The van der Waals surface area contributed by atoms with Crippen molar-refractivity contribution in [3.05, 3.63) is 95.3 Å². The number of para-hydroxylation sites is 1. The molecule has 0 aliphatic carbocycles. The van der Waals surface area contributed by atoms with E-state index in [4.69, 9.17) is 4.74 Å². The van der Waals surface area contributed by atoms with Gasteiger partial charge in [-0.2, -0.15) is 0 Å². The van der Waals surface area contributed by atoms with Gasteiger partial charge in [0.05, 0.1) is 12.3 Å². The summed E-state index contributed by atoms with van der Waals surface area (Å²) in [4.78, 5) is 16.2. The standard InChI is InChI=1S/C27H26N2O2/c1-4-31-27(30)19(2)16-21-11-13-22(14-12-21)18-29-25-10-6-5-9-24(25)20(3)26(29)23-8-7-15-28-17-23/h5-17H,4,18H2,1-3H3/b19-16+. The lowest BCUT2D eigenvalue weighted by atomic mass is 10.1. The van der Waals surface area contributed by atoms with Crippen LogP contribution in [-0.2, 0) is 16.1 Å². The van der Waals surface area contributed by atoms with Gasteiger partial charge in [-0.15, -0.1) is 0 Å². The van der Waals surface area contributed by atoms with Gasteiger partial charge in [0.25, 0.3) is 0 Å². The van der Waals surface area contributed by atoms with Crippen LogP contribution in [0.3, 0.4) is 0 Å². The number of rotatable bonds is 6. The third-order valence-electron chi connectivity index (χ3n) is 5.46. The highest BCUT2D eigenvalue weighted by Gasteiger charge is 2.16. The number of fused-ring (bicyclic) bond motifs is 1. The molecule has 0 spiro atoms. The summed E-state index contributed by atoms with van der Waals surface area (Å²) < 4.78 is 7.42. The Morgan fingerprint density at radius 1 is 1.06 bits per heavy atom. The first-order valence-electron chi connectivity index (χ1n) is 10.5. The Kier molecular flexibility index (Phi) is 5.99. The fourth-order valence-corrected chi connectivity index (χ4v) is 3.97. The monoisotopic (exact) mass is 410 g/mol. The zero-order valence-electron chi connectivity index (χ0n) is 18.1. The molecule has 0 saturated heterocycles. The van der Waals surface area contributed by atoms with Crippen LogP contribution in [0.15, 0.2) is 78.6 Å². The molecule has 0 saturated carbocycles. The molecular formula is C27H26N2O2. The van der Waals surface area contributed by atoms with Crippen LogP contribution in [0.5, 0.6) is 0 Å². The molecule has 4 heteroatoms. The zero-order valence-corrected chi connectivity index (χ0v) is 18.1. The van der Waals surface area contributed by atoms with E-state index in [-0.39, 0.29) is 5.97 Å². The molecule has 2 heterocycles. The van der Waals surface area contributed by atoms with E-state index in [0.717, 1.165) is 17.7 Å². The Labute approximate surface area is 182 Å². The number of pyridine rings is 1. The molecule has 0 N–H and O–H groups in total. The summed E-state index contributed by atoms with van der Waals surface area (Å²) in [6.07, 6.45) is 5.58. The molecule has 0 unspecified atom stereocenters. The van der Waals surface area contributed by atoms with E-state index < -0.39 is 0 Å². The maximum Gasteiger partial charge on any atom is 0.333 e. The van der Waals surface area contributed by atoms with E-state index in [1.165, 1.54) is 27.7 Å². The summed E-state index contributed by atoms with van der Waals surface area (Å²) in [5, 5.41) is 1.26. The highest BCUT2D eigenvalue weighted by Crippen LogP contribution is 2.33. The predicted octanol–water partition coefficient (Wildman–Crippen LogP) is 6.03. The Morgan fingerprint density at radius 2 is 1.84 bits per heavy atom. The number of carbonyl (C=O) groups is 1. The Bertz CT molecular complexity index is 1240. The van der Waals surface area contributed by atoms with Gasteiger partial charge in [-0.1, -0.05) is 42.5 Å². The quantitative estimate of drug-likeness (QED) is 0.288. The van der Waals surface area contributed by atoms with Gasteiger partial charge >= 0.3 is 5.97 Å². The van der Waals surface area contributed by atoms with Gasteiger partial charge in [-0.25, -0.2) is 4.79 Å². The van der Waals surface area contributed by atoms with Gasteiger partial charge in [0.1, 0.15) is 0 Å². The lowest BCUT2D eigenvalue weighted by Crippen LogP contribution is -2.05. The minimum Gasteiger partial charge on any atom is -0.463 e. The van der Waals surface area contributed by atoms with E-state index in [0.29, 0.717) is 12.2 Å². The average Bonchev–Trinajstić information content (AvgIpc) is 3.07. The molecule has 4 aromatic rings. The smallest absolute Gasteiger partial charge is 0.333 e. The second kappa shape index (κ2) is 9.00. The van der Waals surface area contributed by atoms with Crippen molar-refractivity contribution in [1.29, 1.82) is 0 Å². The molecule has 4 rings (SSSR count). The number of ether oxygens (including phenoxy) is 1. The fraction of sp³-hybridized carbons (Fsp3) is 0.185. The number of hydrogen-bond donors (Lipinski definition) is 0. The maximum atomic E-state index is 11.9. The van der Waals surface area contributed by atoms with Crippen LogP contribution < -0.4 is 0 Å². The van der Waals surface area contributed by atoms with Crippen molar-refractivity contribution >= 4 is 22.9 Å². The van der Waals surface area contributed by atoms with Crippen molar-refractivity contribution in [2.24, 2.45) is 0 Å². The molecule has 0 aliphatic rings. The van der Waals surface area contributed by atoms with E-state index >= 15 is 0 Å². The van der Waals surface area contributed by atoms with Crippen LogP contribution in [0.1, 0.15) is 30.5 Å². The number of benzene rings is 2. The second-order valence-corrected chi connectivity index (χ2v) is 7.61. The van der Waals surface area contributed by atoms with Crippen LogP contribution in [0.25, 0.3) is 28.2 Å². The molecule has 0 atom stereocenters. The third-order valence-corrected chi connectivity index (χ3v) is 5.46. The minimum absolute atomic E-state index is 0.276. The lowest BCUT2D eigenvalue weighted by Gasteiger charge is -2.12. The maximum absolute atomic E-state index is 11.9. The van der Waals surface area contributed by atoms with Gasteiger partial charge in [0.2, 0.25) is 0 Å². The van der Waals surface area contributed by atoms with E-state index in [1.807, 2.05) is 37.4 Å². The Hall–Kier alpha value is -3.66. The molecule has 4 nitrogen and oxygen atoms in total. The van der Waals surface area contributed by atoms with Gasteiger partial charge in [-0.05, 0) is 61.7 Å². The van der Waals surface area contributed by atoms with Crippen molar-refractivity contribution in [3.8, 4) is 11.3 Å². The summed E-state index contributed by atoms with van der Waals surface area (Å²) in [6.45, 7) is 6.90. The number of carbonyl (C=O) groups excluding carboxylic acids is 1. The van der Waals surface area contributed by atoms with E-state index in [2.05, 4.69) is 58.9 Å². The van der Waals surface area contributed by atoms with Crippen molar-refractivity contribution in [3.63, 3.8) is 0 Å². The average molecular weight is 411 g/mol. The van der Waals surface area contributed by atoms with Crippen LogP contribution in [-0.4, -0.2) is 22.1 Å². The summed E-state index contributed by atoms with van der Waals surface area (Å²) in [5.74, 6) is -0.276. The molecule has 0 radical (unpaired) electrons. The van der Waals surface area contributed by atoms with Crippen molar-refractivity contribution in [1.82, 2.24) is 9.55 Å². The van der Waals surface area contributed by atoms with E-state index in [9.17, 15) is 4.79 Å². The molecule has 31 heavy (non-hydrogen) atoms. The number of hydrogen-bond acceptors (Lipinski definition) is 3. The Morgan fingerprint density at radius 3 is 2.55 bits per heavy atom. The highest BCUT2D eigenvalue weighted by molar-refractivity contribution is 5.93. The summed E-state index contributed by atoms with van der Waals surface area (Å²) in [5.41, 5.74) is 7.54. The molecule has 2 aromatic heterocycles. The number of aromatic nitrogens is 2. The number of nitrogens with zero attached hydrogens (tertiary/aromatic N) is 2. The van der Waals surface area contributed by atoms with E-state index in [1.54, 1.807) is 13.1 Å². The topological polar surface area (TPSA) is 44.1 Å². The molecule has 0 fully saturated rings. The Balaban J connectivity index is 1.69. The predicted molar refractivity (Wildman–Crippen MR) is 126 cm³/mol. The third kappa shape index (κ3) is 4.29. The first-order valence-corrected chi connectivity index (χ1v) is 10.5. The van der Waals surface area contributed by atoms with Gasteiger partial charge in [-0.3, -0.25) is 4.98 Å². The summed E-state index contributed by atoms with van der Waals surface area (Å²) in [7, 11) is 0. The van der Waals surface area contributed by atoms with Crippen LogP contribution in [0, 0.1) is 6.92 Å². The lowest BCUT2D eigenvalue weighted by molar-refractivity contribution is -0.138. The fourth-order valence-electron chi connectivity index (χ4n) is 3.97. The second-order valence-electron chi connectivity index (χ2n) is 7.61. The zero-order chi connectivity index (χ0) is 21.8. The van der Waals surface area contributed by atoms with Gasteiger partial charge < -0.3 is 9.30 Å². The summed E-state index contributed by atoms with van der Waals surface area (Å²) >= 11 is 0. The number of aryl methyl sites for hydroxylation is 1. The van der Waals surface area contributed by atoms with Gasteiger partial charge in [0.15, 0.2) is 0 Å². The van der Waals surface area contributed by atoms with Crippen LogP contribution in [0.2, 0.25) is 0 Å². The minimum atomic E-state index is -0.276. The van der Waals surface area contributed by atoms with Gasteiger partial charge in [0, 0.05) is 41.0 Å². The van der Waals surface area contributed by atoms with Crippen LogP contribution >= 0.6 is 0 Å². The first kappa shape index (κ1) is 20.6. The molecule has 0 amide bonds. The normalized spacial score (nSPS) is 11.6. The first-order chi connectivity index (χ1) is 15.1. The summed E-state index contributed by atoms with van der Waals surface area (Å²) in [6, 6.07) is 20.9. The molecular weight excluding hydrogens is 384 g/mol. The largest absolute Gasteiger partial charge is 0.463 e.